The molecule has 5 nitrogen and oxygen atoms in total. The summed E-state index contributed by atoms with van der Waals surface area (Å²) in [5, 5.41) is 23.8. The minimum absolute atomic E-state index is 0.120. The number of benzene rings is 2. The number of anilines is 2. The molecule has 0 atom stereocenters. The lowest BCUT2D eigenvalue weighted by Gasteiger charge is -2.08. The van der Waals surface area contributed by atoms with E-state index in [0.29, 0.717) is 11.4 Å². The maximum atomic E-state index is 11.7. The van der Waals surface area contributed by atoms with E-state index in [4.69, 9.17) is 0 Å². The van der Waals surface area contributed by atoms with Crippen LogP contribution in [0.4, 0.5) is 16.2 Å². The predicted octanol–water partition coefficient (Wildman–Crippen LogP) is 3.05. The molecule has 0 bridgehead atoms. The Hall–Kier alpha value is -2.69. The molecule has 0 fully saturated rings. The van der Waals surface area contributed by atoms with Crippen molar-refractivity contribution in [2.45, 2.75) is 6.92 Å². The van der Waals surface area contributed by atoms with Crippen LogP contribution in [0.25, 0.3) is 0 Å². The number of hydrogen-bond donors (Lipinski definition) is 4. The highest BCUT2D eigenvalue weighted by Gasteiger charge is 2.05. The molecule has 0 heterocycles. The van der Waals surface area contributed by atoms with Crippen LogP contribution in [0.5, 0.6) is 11.5 Å². The average Bonchev–Trinajstić information content (AvgIpc) is 2.26. The molecule has 2 aromatic rings. The highest BCUT2D eigenvalue weighted by Crippen LogP contribution is 2.24. The summed E-state index contributed by atoms with van der Waals surface area (Å²) in [6.45, 7) is 1.93. The minimum atomic E-state index is -0.449. The molecule has 2 amide bonds. The summed E-state index contributed by atoms with van der Waals surface area (Å²) in [6, 6.07) is 10.8. The van der Waals surface area contributed by atoms with E-state index < -0.39 is 6.03 Å². The van der Waals surface area contributed by atoms with E-state index in [1.165, 1.54) is 18.2 Å². The lowest BCUT2D eigenvalue weighted by molar-refractivity contribution is 0.262. The van der Waals surface area contributed by atoms with E-state index >= 15 is 0 Å². The zero-order valence-electron chi connectivity index (χ0n) is 10.3. The van der Waals surface area contributed by atoms with Crippen LogP contribution in [0.15, 0.2) is 42.5 Å². The number of phenols is 2. The summed E-state index contributed by atoms with van der Waals surface area (Å²) in [5.41, 5.74) is 2.01. The normalized spacial score (nSPS) is 9.95. The number of amides is 2. The van der Waals surface area contributed by atoms with Gasteiger partial charge in [0.2, 0.25) is 0 Å². The Kier molecular flexibility index (Phi) is 3.56. The first kappa shape index (κ1) is 12.8. The smallest absolute Gasteiger partial charge is 0.323 e. The van der Waals surface area contributed by atoms with Crippen molar-refractivity contribution in [1.29, 1.82) is 0 Å². The molecule has 0 saturated heterocycles. The zero-order valence-corrected chi connectivity index (χ0v) is 10.3. The van der Waals surface area contributed by atoms with Gasteiger partial charge in [-0.05, 0) is 24.6 Å². The number of phenolic OH excluding ortho intramolecular Hbond substituents is 2. The molecule has 0 spiro atoms. The second-order valence-electron chi connectivity index (χ2n) is 4.19. The van der Waals surface area contributed by atoms with Crippen LogP contribution >= 0.6 is 0 Å². The van der Waals surface area contributed by atoms with Gasteiger partial charge in [0, 0.05) is 29.6 Å². The maximum Gasteiger partial charge on any atom is 0.323 e. The number of rotatable bonds is 2. The first-order chi connectivity index (χ1) is 9.02. The molecule has 19 heavy (non-hydrogen) atoms. The maximum absolute atomic E-state index is 11.7. The second kappa shape index (κ2) is 5.30. The molecule has 0 saturated carbocycles. The molecule has 98 valence electrons. The third-order valence-corrected chi connectivity index (χ3v) is 2.44. The molecular formula is C14H14N2O3. The second-order valence-corrected chi connectivity index (χ2v) is 4.19. The summed E-state index contributed by atoms with van der Waals surface area (Å²) in [5.74, 6) is -0.239. The van der Waals surface area contributed by atoms with Gasteiger partial charge in [-0.15, -0.1) is 0 Å². The molecule has 0 aliphatic rings. The van der Waals surface area contributed by atoms with Gasteiger partial charge < -0.3 is 20.8 Å². The fourth-order valence-corrected chi connectivity index (χ4v) is 1.68. The van der Waals surface area contributed by atoms with Crippen molar-refractivity contribution >= 4 is 17.4 Å². The Balaban J connectivity index is 2.05. The molecule has 4 N–H and O–H groups in total. The van der Waals surface area contributed by atoms with E-state index in [2.05, 4.69) is 10.6 Å². The number of carbonyl (C=O) groups excluding carboxylic acids is 1. The van der Waals surface area contributed by atoms with Crippen LogP contribution in [0.1, 0.15) is 5.56 Å². The van der Waals surface area contributed by atoms with Gasteiger partial charge in [-0.1, -0.05) is 12.1 Å². The summed E-state index contributed by atoms with van der Waals surface area (Å²) >= 11 is 0. The fraction of sp³-hybridized carbons (Fsp3) is 0.0714. The van der Waals surface area contributed by atoms with Crippen LogP contribution in [0.2, 0.25) is 0 Å². The Morgan fingerprint density at radius 3 is 2.21 bits per heavy atom. The third-order valence-electron chi connectivity index (χ3n) is 2.44. The van der Waals surface area contributed by atoms with Crippen LogP contribution in [-0.2, 0) is 0 Å². The van der Waals surface area contributed by atoms with Crippen molar-refractivity contribution in [2.24, 2.45) is 0 Å². The van der Waals surface area contributed by atoms with Crippen LogP contribution < -0.4 is 10.6 Å². The molecule has 5 heteroatoms. The van der Waals surface area contributed by atoms with E-state index in [0.717, 1.165) is 5.56 Å². The van der Waals surface area contributed by atoms with Gasteiger partial charge in [-0.25, -0.2) is 4.79 Å². The first-order valence-electron chi connectivity index (χ1n) is 5.70. The molecule has 0 radical (unpaired) electrons. The molecule has 0 aliphatic heterocycles. The molecule has 0 aliphatic carbocycles. The summed E-state index contributed by atoms with van der Waals surface area (Å²) in [7, 11) is 0. The Morgan fingerprint density at radius 1 is 0.947 bits per heavy atom. The third kappa shape index (κ3) is 3.64. The van der Waals surface area contributed by atoms with Crippen molar-refractivity contribution in [3.05, 3.63) is 48.0 Å². The van der Waals surface area contributed by atoms with Crippen molar-refractivity contribution in [1.82, 2.24) is 0 Å². The van der Waals surface area contributed by atoms with Crippen molar-refractivity contribution in [2.75, 3.05) is 10.6 Å². The zero-order chi connectivity index (χ0) is 13.8. The molecule has 2 rings (SSSR count). The Morgan fingerprint density at radius 2 is 1.58 bits per heavy atom. The lowest BCUT2D eigenvalue weighted by Crippen LogP contribution is -2.19. The highest BCUT2D eigenvalue weighted by molar-refractivity contribution is 6.00. The predicted molar refractivity (Wildman–Crippen MR) is 73.6 cm³/mol. The quantitative estimate of drug-likeness (QED) is 0.668. The number of aromatic hydroxyl groups is 2. The standard InChI is InChI=1S/C14H14N2O3/c1-9-3-2-4-10(5-9)15-14(19)16-11-6-12(17)8-13(18)7-11/h2-8,17-18H,1H3,(H2,15,16,19). The fourth-order valence-electron chi connectivity index (χ4n) is 1.68. The topological polar surface area (TPSA) is 81.6 Å². The number of aryl methyl sites for hydroxylation is 1. The van der Waals surface area contributed by atoms with Crippen molar-refractivity contribution in [3.8, 4) is 11.5 Å². The van der Waals surface area contributed by atoms with E-state index in [1.807, 2.05) is 25.1 Å². The van der Waals surface area contributed by atoms with Gasteiger partial charge in [0.15, 0.2) is 0 Å². The van der Waals surface area contributed by atoms with E-state index in [1.54, 1.807) is 6.07 Å². The number of urea groups is 1. The number of hydrogen-bond acceptors (Lipinski definition) is 3. The van der Waals surface area contributed by atoms with Crippen molar-refractivity contribution in [3.63, 3.8) is 0 Å². The van der Waals surface area contributed by atoms with Crippen LogP contribution in [0, 0.1) is 6.92 Å². The lowest BCUT2D eigenvalue weighted by atomic mass is 10.2. The monoisotopic (exact) mass is 258 g/mol. The summed E-state index contributed by atoms with van der Waals surface area (Å²) < 4.78 is 0. The van der Waals surface area contributed by atoms with Gasteiger partial charge in [-0.2, -0.15) is 0 Å². The largest absolute Gasteiger partial charge is 0.508 e. The molecule has 0 unspecified atom stereocenters. The SMILES string of the molecule is Cc1cccc(NC(=O)Nc2cc(O)cc(O)c2)c1. The van der Waals surface area contributed by atoms with Crippen LogP contribution in [-0.4, -0.2) is 16.2 Å². The average molecular weight is 258 g/mol. The van der Waals surface area contributed by atoms with E-state index in [-0.39, 0.29) is 11.5 Å². The van der Waals surface area contributed by atoms with Gasteiger partial charge in [0.25, 0.3) is 0 Å². The molecular weight excluding hydrogens is 244 g/mol. The van der Waals surface area contributed by atoms with Crippen molar-refractivity contribution < 1.29 is 15.0 Å². The Bertz CT molecular complexity index is 591. The Labute approximate surface area is 110 Å². The van der Waals surface area contributed by atoms with Crippen LogP contribution in [0.3, 0.4) is 0 Å². The number of nitrogens with one attached hydrogen (secondary N) is 2. The van der Waals surface area contributed by atoms with Gasteiger partial charge in [0.05, 0.1) is 0 Å². The summed E-state index contributed by atoms with van der Waals surface area (Å²) in [6.07, 6.45) is 0. The van der Waals surface area contributed by atoms with Gasteiger partial charge >= 0.3 is 6.03 Å². The highest BCUT2D eigenvalue weighted by atomic mass is 16.3. The molecule has 2 aromatic carbocycles. The molecule has 0 aromatic heterocycles. The summed E-state index contributed by atoms with van der Waals surface area (Å²) in [4.78, 5) is 11.7. The van der Waals surface area contributed by atoms with Gasteiger partial charge in [0.1, 0.15) is 11.5 Å². The number of carbonyl (C=O) groups is 1. The minimum Gasteiger partial charge on any atom is -0.508 e. The van der Waals surface area contributed by atoms with E-state index in [9.17, 15) is 15.0 Å². The first-order valence-corrected chi connectivity index (χ1v) is 5.70. The van der Waals surface area contributed by atoms with Gasteiger partial charge in [-0.3, -0.25) is 0 Å².